The standard InChI is InChI=1S/C13H15NO5/c1-17-3-4-19-12-7-9-8(6-11(12)18-2)5-10(14-16)13(9)15/h6-7,16H,3-5H2,1-2H3/b14-10+. The predicted molar refractivity (Wildman–Crippen MR) is 67.6 cm³/mol. The normalized spacial score (nSPS) is 15.7. The highest BCUT2D eigenvalue weighted by atomic mass is 16.5. The highest BCUT2D eigenvalue weighted by Gasteiger charge is 2.29. The lowest BCUT2D eigenvalue weighted by Gasteiger charge is -2.11. The Bertz CT molecular complexity index is 524. The van der Waals surface area contributed by atoms with Crippen LogP contribution < -0.4 is 9.47 Å². The van der Waals surface area contributed by atoms with E-state index in [-0.39, 0.29) is 11.5 Å². The first kappa shape index (κ1) is 13.4. The Kier molecular flexibility index (Phi) is 4.01. The van der Waals surface area contributed by atoms with Gasteiger partial charge in [-0.3, -0.25) is 4.79 Å². The number of oxime groups is 1. The average molecular weight is 265 g/mol. The molecule has 1 aromatic rings. The van der Waals surface area contributed by atoms with Crippen molar-refractivity contribution >= 4 is 11.5 Å². The van der Waals surface area contributed by atoms with Gasteiger partial charge in [-0.1, -0.05) is 5.16 Å². The highest BCUT2D eigenvalue weighted by Crippen LogP contribution is 2.34. The number of hydrogen-bond donors (Lipinski definition) is 1. The van der Waals surface area contributed by atoms with Crippen LogP contribution in [0.4, 0.5) is 0 Å². The molecule has 1 aliphatic rings. The number of rotatable bonds is 5. The van der Waals surface area contributed by atoms with Crippen LogP contribution in [0.5, 0.6) is 11.5 Å². The van der Waals surface area contributed by atoms with E-state index in [0.717, 1.165) is 5.56 Å². The fourth-order valence-electron chi connectivity index (χ4n) is 1.96. The molecule has 19 heavy (non-hydrogen) atoms. The quantitative estimate of drug-likeness (QED) is 0.493. The number of fused-ring (bicyclic) bond motifs is 1. The Morgan fingerprint density at radius 2 is 2.05 bits per heavy atom. The summed E-state index contributed by atoms with van der Waals surface area (Å²) in [7, 11) is 3.11. The molecule has 0 spiro atoms. The number of carbonyl (C=O) groups excluding carboxylic acids is 1. The minimum Gasteiger partial charge on any atom is -0.493 e. The van der Waals surface area contributed by atoms with Crippen molar-refractivity contribution in [2.75, 3.05) is 27.4 Å². The molecule has 0 bridgehead atoms. The number of carbonyl (C=O) groups is 1. The zero-order chi connectivity index (χ0) is 13.8. The Hall–Kier alpha value is -2.08. The van der Waals surface area contributed by atoms with Crippen LogP contribution in [0, 0.1) is 0 Å². The number of nitrogens with zero attached hydrogens (tertiary/aromatic N) is 1. The van der Waals surface area contributed by atoms with Gasteiger partial charge in [-0.2, -0.15) is 0 Å². The van der Waals surface area contributed by atoms with Crippen molar-refractivity contribution in [2.45, 2.75) is 6.42 Å². The molecule has 102 valence electrons. The van der Waals surface area contributed by atoms with Gasteiger partial charge >= 0.3 is 0 Å². The molecule has 1 aromatic carbocycles. The molecule has 6 nitrogen and oxygen atoms in total. The monoisotopic (exact) mass is 265 g/mol. The van der Waals surface area contributed by atoms with E-state index in [0.29, 0.717) is 36.7 Å². The zero-order valence-corrected chi connectivity index (χ0v) is 10.8. The maximum absolute atomic E-state index is 11.9. The molecule has 0 unspecified atom stereocenters. The number of ketones is 1. The topological polar surface area (TPSA) is 77.3 Å². The maximum atomic E-state index is 11.9. The molecule has 0 amide bonds. The summed E-state index contributed by atoms with van der Waals surface area (Å²) in [5.41, 5.74) is 1.39. The third-order valence-electron chi connectivity index (χ3n) is 2.92. The first-order chi connectivity index (χ1) is 9.21. The van der Waals surface area contributed by atoms with Crippen molar-refractivity contribution in [3.05, 3.63) is 23.3 Å². The fraction of sp³-hybridized carbons (Fsp3) is 0.385. The zero-order valence-electron chi connectivity index (χ0n) is 10.8. The molecule has 2 rings (SSSR count). The van der Waals surface area contributed by atoms with Crippen LogP contribution in [0.15, 0.2) is 17.3 Å². The molecular formula is C13H15NO5. The van der Waals surface area contributed by atoms with Gasteiger partial charge in [0.2, 0.25) is 5.78 Å². The van der Waals surface area contributed by atoms with E-state index in [9.17, 15) is 4.79 Å². The Labute approximate surface area is 110 Å². The van der Waals surface area contributed by atoms with Crippen LogP contribution in [-0.4, -0.2) is 44.1 Å². The summed E-state index contributed by atoms with van der Waals surface area (Å²) >= 11 is 0. The van der Waals surface area contributed by atoms with Crippen LogP contribution in [0.2, 0.25) is 0 Å². The van der Waals surface area contributed by atoms with Crippen LogP contribution in [0.25, 0.3) is 0 Å². The number of benzene rings is 1. The lowest BCUT2D eigenvalue weighted by molar-refractivity contribution is 0.106. The van der Waals surface area contributed by atoms with Crippen molar-refractivity contribution in [1.82, 2.24) is 0 Å². The van der Waals surface area contributed by atoms with E-state index in [1.807, 2.05) is 0 Å². The number of ether oxygens (including phenoxy) is 3. The summed E-state index contributed by atoms with van der Waals surface area (Å²) in [5.74, 6) is 0.740. The third-order valence-corrected chi connectivity index (χ3v) is 2.92. The SMILES string of the molecule is COCCOc1cc2c(cc1OC)C/C(=N\O)C2=O. The van der Waals surface area contributed by atoms with Gasteiger partial charge in [0.25, 0.3) is 0 Å². The fourth-order valence-corrected chi connectivity index (χ4v) is 1.96. The van der Waals surface area contributed by atoms with Crippen molar-refractivity contribution in [3.63, 3.8) is 0 Å². The molecule has 1 aliphatic carbocycles. The predicted octanol–water partition coefficient (Wildman–Crippen LogP) is 1.29. The molecule has 6 heteroatoms. The largest absolute Gasteiger partial charge is 0.493 e. The minimum absolute atomic E-state index is 0.131. The third kappa shape index (κ3) is 2.53. The van der Waals surface area contributed by atoms with Gasteiger partial charge in [-0.05, 0) is 17.7 Å². The van der Waals surface area contributed by atoms with E-state index in [4.69, 9.17) is 19.4 Å². The first-order valence-electron chi connectivity index (χ1n) is 5.79. The molecule has 0 atom stereocenters. The minimum atomic E-state index is -0.281. The summed E-state index contributed by atoms with van der Waals surface area (Å²) in [6, 6.07) is 3.35. The number of hydrogen-bond acceptors (Lipinski definition) is 6. The molecule has 0 heterocycles. The lowest BCUT2D eigenvalue weighted by atomic mass is 10.1. The molecule has 0 radical (unpaired) electrons. The van der Waals surface area contributed by atoms with E-state index in [1.54, 1.807) is 19.2 Å². The van der Waals surface area contributed by atoms with Crippen LogP contribution in [-0.2, 0) is 11.2 Å². The van der Waals surface area contributed by atoms with Gasteiger partial charge in [0.05, 0.1) is 13.7 Å². The van der Waals surface area contributed by atoms with Crippen molar-refractivity contribution in [1.29, 1.82) is 0 Å². The molecule has 1 N–H and O–H groups in total. The van der Waals surface area contributed by atoms with Gasteiger partial charge in [0.15, 0.2) is 11.5 Å². The number of Topliss-reactive ketones (excluding diaryl/α,β-unsaturated/α-hetero) is 1. The summed E-state index contributed by atoms with van der Waals surface area (Å²) in [6.45, 7) is 0.804. The second-order valence-corrected chi connectivity index (χ2v) is 4.05. The van der Waals surface area contributed by atoms with Gasteiger partial charge in [-0.25, -0.2) is 0 Å². The molecule has 0 aliphatic heterocycles. The Morgan fingerprint density at radius 1 is 1.26 bits per heavy atom. The van der Waals surface area contributed by atoms with Crippen molar-refractivity contribution in [3.8, 4) is 11.5 Å². The van der Waals surface area contributed by atoms with E-state index < -0.39 is 0 Å². The molecule has 0 aromatic heterocycles. The summed E-state index contributed by atoms with van der Waals surface area (Å²) in [6.07, 6.45) is 0.305. The molecule has 0 fully saturated rings. The Balaban J connectivity index is 2.31. The van der Waals surface area contributed by atoms with Gasteiger partial charge in [0.1, 0.15) is 12.3 Å². The van der Waals surface area contributed by atoms with Gasteiger partial charge in [-0.15, -0.1) is 0 Å². The van der Waals surface area contributed by atoms with E-state index >= 15 is 0 Å². The van der Waals surface area contributed by atoms with Crippen LogP contribution in [0.3, 0.4) is 0 Å². The van der Waals surface area contributed by atoms with Crippen LogP contribution >= 0.6 is 0 Å². The highest BCUT2D eigenvalue weighted by molar-refractivity contribution is 6.49. The summed E-state index contributed by atoms with van der Waals surface area (Å²) < 4.78 is 15.6. The Morgan fingerprint density at radius 3 is 2.68 bits per heavy atom. The molecular weight excluding hydrogens is 250 g/mol. The van der Waals surface area contributed by atoms with Gasteiger partial charge in [0, 0.05) is 19.1 Å². The summed E-state index contributed by atoms with van der Waals surface area (Å²) in [5, 5.41) is 11.8. The van der Waals surface area contributed by atoms with Crippen molar-refractivity contribution < 1.29 is 24.2 Å². The smallest absolute Gasteiger partial charge is 0.211 e. The van der Waals surface area contributed by atoms with Gasteiger partial charge < -0.3 is 19.4 Å². The second kappa shape index (κ2) is 5.71. The molecule has 0 saturated carbocycles. The molecule has 0 saturated heterocycles. The number of methoxy groups -OCH3 is 2. The van der Waals surface area contributed by atoms with E-state index in [2.05, 4.69) is 5.16 Å². The average Bonchev–Trinajstić information content (AvgIpc) is 2.74. The van der Waals surface area contributed by atoms with E-state index in [1.165, 1.54) is 7.11 Å². The maximum Gasteiger partial charge on any atom is 0.211 e. The first-order valence-corrected chi connectivity index (χ1v) is 5.79. The van der Waals surface area contributed by atoms with Crippen LogP contribution in [0.1, 0.15) is 15.9 Å². The van der Waals surface area contributed by atoms with Crippen molar-refractivity contribution in [2.24, 2.45) is 5.16 Å². The lowest BCUT2D eigenvalue weighted by Crippen LogP contribution is -2.08. The second-order valence-electron chi connectivity index (χ2n) is 4.05. The summed E-state index contributed by atoms with van der Waals surface area (Å²) in [4.78, 5) is 11.9.